The third-order valence-corrected chi connectivity index (χ3v) is 6.87. The average molecular weight is 448 g/mol. The third-order valence-electron chi connectivity index (χ3n) is 5.88. The largest absolute Gasteiger partial charge is 0.466 e. The van der Waals surface area contributed by atoms with Crippen LogP contribution in [-0.4, -0.2) is 23.2 Å². The fourth-order valence-corrected chi connectivity index (χ4v) is 5.21. The molecule has 4 rings (SSSR count). The maximum atomic E-state index is 12.8. The third kappa shape index (κ3) is 4.42. The molecule has 0 saturated heterocycles. The van der Waals surface area contributed by atoms with Crippen LogP contribution >= 0.6 is 11.8 Å². The van der Waals surface area contributed by atoms with Gasteiger partial charge in [-0.3, -0.25) is 9.59 Å². The molecule has 1 amide bonds. The van der Waals surface area contributed by atoms with Gasteiger partial charge in [0.15, 0.2) is 0 Å². The summed E-state index contributed by atoms with van der Waals surface area (Å²) in [7, 11) is 0. The predicted octanol–water partition coefficient (Wildman–Crippen LogP) is 5.16. The lowest BCUT2D eigenvalue weighted by molar-refractivity contribution is -0.122. The Kier molecular flexibility index (Phi) is 6.61. The first-order valence-corrected chi connectivity index (χ1v) is 11.8. The summed E-state index contributed by atoms with van der Waals surface area (Å²) in [6.07, 6.45) is 2.78. The van der Waals surface area contributed by atoms with E-state index in [9.17, 15) is 14.9 Å². The highest BCUT2D eigenvalue weighted by atomic mass is 32.2. The van der Waals surface area contributed by atoms with Crippen LogP contribution < -0.4 is 5.32 Å². The number of benzene rings is 1. The molecule has 1 aromatic heterocycles. The molecule has 1 aromatic carbocycles. The van der Waals surface area contributed by atoms with Gasteiger partial charge in [0.05, 0.1) is 29.2 Å². The number of Topliss-reactive ketones (excluding diaryl/α,β-unsaturated/α-hetero) is 1. The number of carbonyl (C=O) groups excluding carboxylic acids is 2. The van der Waals surface area contributed by atoms with E-state index in [0.29, 0.717) is 29.2 Å². The van der Waals surface area contributed by atoms with Crippen LogP contribution in [0.1, 0.15) is 49.2 Å². The summed E-state index contributed by atoms with van der Waals surface area (Å²) in [5.41, 5.74) is 3.05. The number of aryl methyl sites for hydroxylation is 2. The number of nitrogens with zero attached hydrogens (tertiary/aromatic N) is 2. The molecule has 2 aliphatic rings. The summed E-state index contributed by atoms with van der Waals surface area (Å²) in [6, 6.07) is 13.7. The molecular weight excluding hydrogens is 422 g/mol. The number of ketones is 1. The first-order chi connectivity index (χ1) is 15.5. The van der Waals surface area contributed by atoms with Gasteiger partial charge in [-0.15, -0.1) is 0 Å². The summed E-state index contributed by atoms with van der Waals surface area (Å²) >= 11 is 1.24. The van der Waals surface area contributed by atoms with Gasteiger partial charge in [0, 0.05) is 17.8 Å². The Morgan fingerprint density at radius 3 is 2.78 bits per heavy atom. The van der Waals surface area contributed by atoms with Crippen LogP contribution in [0.2, 0.25) is 0 Å². The van der Waals surface area contributed by atoms with E-state index in [1.807, 2.05) is 50.2 Å². The van der Waals surface area contributed by atoms with E-state index in [4.69, 9.17) is 9.41 Å². The van der Waals surface area contributed by atoms with E-state index in [1.165, 1.54) is 11.8 Å². The lowest BCUT2D eigenvalue weighted by Gasteiger charge is -2.33. The summed E-state index contributed by atoms with van der Waals surface area (Å²) < 4.78 is 5.85. The maximum Gasteiger partial charge on any atom is 0.234 e. The van der Waals surface area contributed by atoms with Gasteiger partial charge in [-0.05, 0) is 49.9 Å². The van der Waals surface area contributed by atoms with Crippen LogP contribution in [0.25, 0.3) is 0 Å². The second-order valence-corrected chi connectivity index (χ2v) is 8.97. The molecule has 2 atom stereocenters. The van der Waals surface area contributed by atoms with Crippen LogP contribution in [0.4, 0.5) is 5.69 Å². The SMILES string of the molecule is CCc1ccccc1NC(=O)CSC1=C(C#N)[C@@H](c2ccc(C)o2)[C@@H]2C(=O)CCCC2=N1. The number of nitrogens with one attached hydrogen (secondary N) is 1. The van der Waals surface area contributed by atoms with Gasteiger partial charge in [0.25, 0.3) is 0 Å². The van der Waals surface area contributed by atoms with Gasteiger partial charge in [0.2, 0.25) is 5.91 Å². The number of hydrogen-bond acceptors (Lipinski definition) is 6. The number of aliphatic imine (C=N–C) groups is 1. The molecule has 2 aromatic rings. The van der Waals surface area contributed by atoms with Crippen LogP contribution in [0.3, 0.4) is 0 Å². The Morgan fingerprint density at radius 2 is 2.06 bits per heavy atom. The van der Waals surface area contributed by atoms with Crippen molar-refractivity contribution < 1.29 is 14.0 Å². The Bertz CT molecular complexity index is 1160. The predicted molar refractivity (Wildman–Crippen MR) is 126 cm³/mol. The maximum absolute atomic E-state index is 12.8. The number of allylic oxidation sites excluding steroid dienone is 1. The van der Waals surface area contributed by atoms with Gasteiger partial charge in [-0.2, -0.15) is 5.26 Å². The van der Waals surface area contributed by atoms with Crippen LogP contribution in [0.15, 0.2) is 56.4 Å². The standard InChI is InChI=1S/C25H25N3O3S/c1-3-16-7-4-5-8-18(16)27-22(30)14-32-25-17(13-26)23(21-12-11-15(2)31-21)24-19(28-25)9-6-10-20(24)29/h4-5,7-8,11-12,23-24H,3,6,9-10,14H2,1-2H3,(H,27,30)/t23-,24-/m0/s1. The first-order valence-electron chi connectivity index (χ1n) is 10.8. The highest BCUT2D eigenvalue weighted by Gasteiger charge is 2.43. The summed E-state index contributed by atoms with van der Waals surface area (Å²) in [4.78, 5) is 30.1. The number of hydrogen-bond donors (Lipinski definition) is 1. The number of anilines is 1. The van der Waals surface area contributed by atoms with Crippen molar-refractivity contribution in [1.82, 2.24) is 0 Å². The molecule has 1 N–H and O–H groups in total. The smallest absolute Gasteiger partial charge is 0.234 e. The second kappa shape index (κ2) is 9.58. The zero-order valence-corrected chi connectivity index (χ0v) is 19.0. The molecular formula is C25H25N3O3S. The number of fused-ring (bicyclic) bond motifs is 1. The average Bonchev–Trinajstić information content (AvgIpc) is 3.23. The number of rotatable bonds is 6. The zero-order chi connectivity index (χ0) is 22.7. The van der Waals surface area contributed by atoms with Crippen molar-refractivity contribution in [2.24, 2.45) is 10.9 Å². The quantitative estimate of drug-likeness (QED) is 0.659. The van der Waals surface area contributed by atoms with Crippen LogP contribution in [-0.2, 0) is 16.0 Å². The minimum absolute atomic E-state index is 0.0970. The van der Waals surface area contributed by atoms with Crippen molar-refractivity contribution in [2.75, 3.05) is 11.1 Å². The number of furan rings is 1. The number of amides is 1. The fourth-order valence-electron chi connectivity index (χ4n) is 4.36. The lowest BCUT2D eigenvalue weighted by atomic mass is 9.72. The minimum atomic E-state index is -0.486. The molecule has 2 heterocycles. The molecule has 1 aliphatic heterocycles. The van der Waals surface area contributed by atoms with E-state index in [2.05, 4.69) is 11.4 Å². The molecule has 32 heavy (non-hydrogen) atoms. The highest BCUT2D eigenvalue weighted by Crippen LogP contribution is 2.45. The summed E-state index contributed by atoms with van der Waals surface area (Å²) in [5, 5.41) is 13.5. The molecule has 1 fully saturated rings. The van der Waals surface area contributed by atoms with Gasteiger partial charge in [-0.1, -0.05) is 36.9 Å². The van der Waals surface area contributed by atoms with Crippen molar-refractivity contribution in [2.45, 2.75) is 45.4 Å². The Labute approximate surface area is 191 Å². The lowest BCUT2D eigenvalue weighted by Crippen LogP contribution is -2.37. The van der Waals surface area contributed by atoms with Crippen molar-refractivity contribution in [1.29, 1.82) is 5.26 Å². The molecule has 0 bridgehead atoms. The summed E-state index contributed by atoms with van der Waals surface area (Å²) in [6.45, 7) is 3.88. The number of para-hydroxylation sites is 1. The monoisotopic (exact) mass is 447 g/mol. The van der Waals surface area contributed by atoms with Crippen LogP contribution in [0, 0.1) is 24.2 Å². The molecule has 1 saturated carbocycles. The molecule has 164 valence electrons. The topological polar surface area (TPSA) is 95.5 Å². The summed E-state index contributed by atoms with van der Waals surface area (Å²) in [5.74, 6) is 0.448. The molecule has 6 nitrogen and oxygen atoms in total. The Hall–Kier alpha value is -3.11. The van der Waals surface area contributed by atoms with E-state index in [1.54, 1.807) is 0 Å². The fraction of sp³-hybridized carbons (Fsp3) is 0.360. The van der Waals surface area contributed by atoms with Crippen molar-refractivity contribution in [3.63, 3.8) is 0 Å². The highest BCUT2D eigenvalue weighted by molar-refractivity contribution is 8.03. The Balaban J connectivity index is 1.60. The molecule has 1 aliphatic carbocycles. The van der Waals surface area contributed by atoms with Crippen molar-refractivity contribution in [3.8, 4) is 6.07 Å². The van der Waals surface area contributed by atoms with Gasteiger partial charge in [0.1, 0.15) is 22.3 Å². The Morgan fingerprint density at radius 1 is 1.25 bits per heavy atom. The normalized spacial score (nSPS) is 20.4. The number of nitriles is 1. The van der Waals surface area contributed by atoms with Crippen molar-refractivity contribution >= 4 is 34.9 Å². The van der Waals surface area contributed by atoms with Crippen molar-refractivity contribution in [3.05, 3.63) is 64.1 Å². The molecule has 0 unspecified atom stereocenters. The molecule has 0 spiro atoms. The first kappa shape index (κ1) is 22.1. The van der Waals surface area contributed by atoms with Gasteiger partial charge in [-0.25, -0.2) is 4.99 Å². The number of carbonyl (C=O) groups is 2. The van der Waals surface area contributed by atoms with Gasteiger partial charge < -0.3 is 9.73 Å². The van der Waals surface area contributed by atoms with Gasteiger partial charge >= 0.3 is 0 Å². The molecule has 0 radical (unpaired) electrons. The van der Waals surface area contributed by atoms with E-state index < -0.39 is 11.8 Å². The van der Waals surface area contributed by atoms with Crippen LogP contribution in [0.5, 0.6) is 0 Å². The minimum Gasteiger partial charge on any atom is -0.466 e. The number of thioether (sulfide) groups is 1. The second-order valence-electron chi connectivity index (χ2n) is 8.00. The van der Waals surface area contributed by atoms with E-state index in [-0.39, 0.29) is 17.4 Å². The van der Waals surface area contributed by atoms with E-state index in [0.717, 1.165) is 35.6 Å². The molecule has 7 heteroatoms. The van der Waals surface area contributed by atoms with E-state index >= 15 is 0 Å². The zero-order valence-electron chi connectivity index (χ0n) is 18.2.